The SMILES string of the molecule is O=C(O)c1conc1-c1cccnn1. The molecule has 0 aliphatic rings. The van der Waals surface area contributed by atoms with Crippen LogP contribution >= 0.6 is 0 Å². The van der Waals surface area contributed by atoms with Gasteiger partial charge in [0, 0.05) is 6.20 Å². The summed E-state index contributed by atoms with van der Waals surface area (Å²) in [6, 6.07) is 3.25. The molecule has 0 radical (unpaired) electrons. The van der Waals surface area contributed by atoms with E-state index in [9.17, 15) is 4.79 Å². The normalized spacial score (nSPS) is 10.0. The van der Waals surface area contributed by atoms with Gasteiger partial charge in [0.15, 0.2) is 0 Å². The average Bonchev–Trinajstić information content (AvgIpc) is 2.67. The highest BCUT2D eigenvalue weighted by molar-refractivity contribution is 5.93. The molecule has 6 heteroatoms. The lowest BCUT2D eigenvalue weighted by atomic mass is 10.2. The van der Waals surface area contributed by atoms with Gasteiger partial charge < -0.3 is 9.63 Å². The number of rotatable bonds is 2. The van der Waals surface area contributed by atoms with Crippen LogP contribution in [0.1, 0.15) is 10.4 Å². The number of aromatic carboxylic acids is 1. The molecule has 0 saturated carbocycles. The highest BCUT2D eigenvalue weighted by atomic mass is 16.5. The number of carbonyl (C=O) groups is 1. The van der Waals surface area contributed by atoms with Crippen LogP contribution in [0.15, 0.2) is 29.1 Å². The van der Waals surface area contributed by atoms with E-state index in [1.807, 2.05) is 0 Å². The number of hydrogen-bond acceptors (Lipinski definition) is 5. The molecule has 0 amide bonds. The van der Waals surface area contributed by atoms with Gasteiger partial charge in [-0.1, -0.05) is 5.16 Å². The Balaban J connectivity index is 2.52. The largest absolute Gasteiger partial charge is 0.477 e. The molecule has 0 bridgehead atoms. The maximum Gasteiger partial charge on any atom is 0.341 e. The first kappa shape index (κ1) is 8.36. The molecule has 2 heterocycles. The van der Waals surface area contributed by atoms with Gasteiger partial charge in [-0.05, 0) is 12.1 Å². The Morgan fingerprint density at radius 2 is 2.36 bits per heavy atom. The van der Waals surface area contributed by atoms with E-state index in [1.54, 1.807) is 12.1 Å². The van der Waals surface area contributed by atoms with Gasteiger partial charge in [-0.25, -0.2) is 4.79 Å². The lowest BCUT2D eigenvalue weighted by Crippen LogP contribution is -1.98. The summed E-state index contributed by atoms with van der Waals surface area (Å²) < 4.78 is 4.56. The summed E-state index contributed by atoms with van der Waals surface area (Å²) in [5, 5.41) is 19.7. The molecular formula is C8H5N3O3. The predicted octanol–water partition coefficient (Wildman–Crippen LogP) is 0.830. The molecule has 0 spiro atoms. The number of carboxylic acid groups (broad SMARTS) is 1. The quantitative estimate of drug-likeness (QED) is 0.756. The zero-order valence-corrected chi connectivity index (χ0v) is 6.91. The maximum atomic E-state index is 10.7. The minimum Gasteiger partial charge on any atom is -0.477 e. The van der Waals surface area contributed by atoms with Crippen LogP contribution in [0, 0.1) is 0 Å². The van der Waals surface area contributed by atoms with E-state index < -0.39 is 5.97 Å². The van der Waals surface area contributed by atoms with Gasteiger partial charge in [0.05, 0.1) is 0 Å². The van der Waals surface area contributed by atoms with Crippen molar-refractivity contribution in [2.45, 2.75) is 0 Å². The smallest absolute Gasteiger partial charge is 0.341 e. The van der Waals surface area contributed by atoms with Gasteiger partial charge in [0.2, 0.25) is 0 Å². The summed E-state index contributed by atoms with van der Waals surface area (Å²) in [6.07, 6.45) is 2.55. The number of aromatic nitrogens is 3. The van der Waals surface area contributed by atoms with E-state index in [2.05, 4.69) is 19.9 Å². The second-order valence-electron chi connectivity index (χ2n) is 2.49. The second kappa shape index (κ2) is 3.25. The summed E-state index contributed by atoms with van der Waals surface area (Å²) in [7, 11) is 0. The van der Waals surface area contributed by atoms with Crippen LogP contribution in [-0.4, -0.2) is 26.4 Å². The van der Waals surface area contributed by atoms with E-state index >= 15 is 0 Å². The molecule has 0 saturated heterocycles. The zero-order chi connectivity index (χ0) is 9.97. The monoisotopic (exact) mass is 191 g/mol. The molecule has 0 unspecified atom stereocenters. The maximum absolute atomic E-state index is 10.7. The molecular weight excluding hydrogens is 186 g/mol. The van der Waals surface area contributed by atoms with Gasteiger partial charge >= 0.3 is 5.97 Å². The van der Waals surface area contributed by atoms with E-state index in [0.29, 0.717) is 5.69 Å². The van der Waals surface area contributed by atoms with Crippen LogP contribution in [0.25, 0.3) is 11.4 Å². The fraction of sp³-hybridized carbons (Fsp3) is 0. The van der Waals surface area contributed by atoms with Crippen LogP contribution < -0.4 is 0 Å². The first-order chi connectivity index (χ1) is 6.79. The van der Waals surface area contributed by atoms with Crippen molar-refractivity contribution in [2.24, 2.45) is 0 Å². The Bertz CT molecular complexity index is 452. The Morgan fingerprint density at radius 1 is 1.50 bits per heavy atom. The summed E-state index contributed by atoms with van der Waals surface area (Å²) in [6.45, 7) is 0. The summed E-state index contributed by atoms with van der Waals surface area (Å²) in [5.41, 5.74) is 0.537. The third-order valence-electron chi connectivity index (χ3n) is 1.61. The molecule has 0 aliphatic heterocycles. The molecule has 2 aromatic rings. The number of nitrogens with zero attached hydrogens (tertiary/aromatic N) is 3. The van der Waals surface area contributed by atoms with Crippen molar-refractivity contribution >= 4 is 5.97 Å². The topological polar surface area (TPSA) is 89.1 Å². The van der Waals surface area contributed by atoms with E-state index in [4.69, 9.17) is 5.11 Å². The van der Waals surface area contributed by atoms with Crippen molar-refractivity contribution in [2.75, 3.05) is 0 Å². The van der Waals surface area contributed by atoms with Crippen LogP contribution in [0.3, 0.4) is 0 Å². The molecule has 70 valence electrons. The minimum absolute atomic E-state index is 0.0227. The van der Waals surface area contributed by atoms with Crippen molar-refractivity contribution in [3.05, 3.63) is 30.2 Å². The molecule has 0 atom stereocenters. The molecule has 6 nitrogen and oxygen atoms in total. The molecule has 0 fully saturated rings. The standard InChI is InChI=1S/C8H5N3O3/c12-8(13)5-4-14-11-7(5)6-2-1-3-9-10-6/h1-4H,(H,12,13). The minimum atomic E-state index is -1.10. The average molecular weight is 191 g/mol. The highest BCUT2D eigenvalue weighted by Gasteiger charge is 2.17. The molecule has 0 aromatic carbocycles. The Kier molecular flexibility index (Phi) is 1.94. The molecule has 1 N–H and O–H groups in total. The van der Waals surface area contributed by atoms with E-state index in [0.717, 1.165) is 6.26 Å². The van der Waals surface area contributed by atoms with Crippen LogP contribution in [-0.2, 0) is 0 Å². The second-order valence-corrected chi connectivity index (χ2v) is 2.49. The third kappa shape index (κ3) is 1.33. The lowest BCUT2D eigenvalue weighted by molar-refractivity contribution is 0.0697. The highest BCUT2D eigenvalue weighted by Crippen LogP contribution is 2.18. The summed E-state index contributed by atoms with van der Waals surface area (Å²) >= 11 is 0. The van der Waals surface area contributed by atoms with Gasteiger partial charge in [0.25, 0.3) is 0 Å². The molecule has 2 rings (SSSR count). The molecule has 14 heavy (non-hydrogen) atoms. The van der Waals surface area contributed by atoms with Crippen molar-refractivity contribution < 1.29 is 14.4 Å². The van der Waals surface area contributed by atoms with Gasteiger partial charge in [-0.15, -0.1) is 5.10 Å². The first-order valence-corrected chi connectivity index (χ1v) is 3.75. The first-order valence-electron chi connectivity index (χ1n) is 3.75. The van der Waals surface area contributed by atoms with Gasteiger partial charge in [-0.2, -0.15) is 5.10 Å². The Hall–Kier alpha value is -2.24. The summed E-state index contributed by atoms with van der Waals surface area (Å²) in [5.74, 6) is -1.10. The number of hydrogen-bond donors (Lipinski definition) is 1. The van der Waals surface area contributed by atoms with Crippen molar-refractivity contribution in [3.63, 3.8) is 0 Å². The van der Waals surface area contributed by atoms with Gasteiger partial charge in [0.1, 0.15) is 23.2 Å². The Morgan fingerprint density at radius 3 is 3.00 bits per heavy atom. The Labute approximate surface area is 78.2 Å². The molecule has 2 aromatic heterocycles. The zero-order valence-electron chi connectivity index (χ0n) is 6.91. The van der Waals surface area contributed by atoms with Gasteiger partial charge in [-0.3, -0.25) is 0 Å². The van der Waals surface area contributed by atoms with Crippen molar-refractivity contribution in [1.29, 1.82) is 0 Å². The predicted molar refractivity (Wildman–Crippen MR) is 44.5 cm³/mol. The fourth-order valence-corrected chi connectivity index (χ4v) is 1.00. The van der Waals surface area contributed by atoms with E-state index in [-0.39, 0.29) is 11.3 Å². The fourth-order valence-electron chi connectivity index (χ4n) is 1.00. The van der Waals surface area contributed by atoms with Crippen LogP contribution in [0.2, 0.25) is 0 Å². The van der Waals surface area contributed by atoms with E-state index in [1.165, 1.54) is 6.20 Å². The number of carboxylic acids is 1. The third-order valence-corrected chi connectivity index (χ3v) is 1.61. The van der Waals surface area contributed by atoms with Crippen molar-refractivity contribution in [1.82, 2.24) is 15.4 Å². The lowest BCUT2D eigenvalue weighted by Gasteiger charge is -1.93. The van der Waals surface area contributed by atoms with Crippen LogP contribution in [0.5, 0.6) is 0 Å². The van der Waals surface area contributed by atoms with Crippen molar-refractivity contribution in [3.8, 4) is 11.4 Å². The van der Waals surface area contributed by atoms with Crippen LogP contribution in [0.4, 0.5) is 0 Å². The summed E-state index contributed by atoms with van der Waals surface area (Å²) in [4.78, 5) is 10.7. The molecule has 0 aliphatic carbocycles.